The van der Waals surface area contributed by atoms with Gasteiger partial charge < -0.3 is 9.57 Å². The van der Waals surface area contributed by atoms with Crippen LogP contribution in [0.15, 0.2) is 58.5 Å². The molecule has 0 bridgehead atoms. The van der Waals surface area contributed by atoms with Crippen LogP contribution in [0.2, 0.25) is 0 Å². The fourth-order valence-corrected chi connectivity index (χ4v) is 2.70. The van der Waals surface area contributed by atoms with Crippen LogP contribution in [0.4, 0.5) is 13.2 Å². The molecule has 0 aliphatic rings. The lowest BCUT2D eigenvalue weighted by Crippen LogP contribution is -2.23. The Morgan fingerprint density at radius 1 is 1.17 bits per heavy atom. The summed E-state index contributed by atoms with van der Waals surface area (Å²) in [4.78, 5) is 17.4. The zero-order valence-electron chi connectivity index (χ0n) is 16.5. The summed E-state index contributed by atoms with van der Waals surface area (Å²) in [5.74, 6) is 0.399. The average Bonchev–Trinajstić information content (AvgIpc) is 3.00. The second-order valence-corrected chi connectivity index (χ2v) is 6.47. The van der Waals surface area contributed by atoms with Gasteiger partial charge in [0.25, 0.3) is 0 Å². The van der Waals surface area contributed by atoms with Crippen molar-refractivity contribution in [3.8, 4) is 11.8 Å². The predicted octanol–water partition coefficient (Wildman–Crippen LogP) is 3.46. The minimum absolute atomic E-state index is 0.198. The summed E-state index contributed by atoms with van der Waals surface area (Å²) in [5.41, 5.74) is 0.351. The van der Waals surface area contributed by atoms with Gasteiger partial charge in [-0.3, -0.25) is 0 Å². The van der Waals surface area contributed by atoms with Crippen molar-refractivity contribution in [3.05, 3.63) is 75.7 Å². The largest absolute Gasteiger partial charge is 0.467 e. The Morgan fingerprint density at radius 3 is 2.50 bits per heavy atom. The van der Waals surface area contributed by atoms with Gasteiger partial charge in [-0.1, -0.05) is 29.4 Å². The van der Waals surface area contributed by atoms with E-state index in [2.05, 4.69) is 10.3 Å². The molecule has 1 aromatic heterocycles. The first kappa shape index (κ1) is 21.2. The maximum absolute atomic E-state index is 12.8. The normalized spacial score (nSPS) is 12.1. The Kier molecular flexibility index (Phi) is 5.95. The van der Waals surface area contributed by atoms with Crippen molar-refractivity contribution >= 4 is 5.71 Å². The van der Waals surface area contributed by atoms with E-state index >= 15 is 0 Å². The van der Waals surface area contributed by atoms with E-state index in [0.717, 1.165) is 17.7 Å². The van der Waals surface area contributed by atoms with Gasteiger partial charge in [0.05, 0.1) is 24.9 Å². The zero-order chi connectivity index (χ0) is 21.9. The van der Waals surface area contributed by atoms with E-state index < -0.39 is 11.7 Å². The summed E-state index contributed by atoms with van der Waals surface area (Å²) in [5, 5.41) is 7.88. The lowest BCUT2D eigenvalue weighted by atomic mass is 10.1. The van der Waals surface area contributed by atoms with Crippen molar-refractivity contribution in [3.63, 3.8) is 0 Å². The molecule has 3 aromatic rings. The third-order valence-corrected chi connectivity index (χ3v) is 4.32. The van der Waals surface area contributed by atoms with Gasteiger partial charge in [0.1, 0.15) is 0 Å². The molecule has 0 amide bonds. The number of ether oxygens (including phenoxy) is 1. The Balaban J connectivity index is 1.71. The van der Waals surface area contributed by atoms with Crippen molar-refractivity contribution in [1.29, 1.82) is 0 Å². The summed E-state index contributed by atoms with van der Waals surface area (Å²) in [6.07, 6.45) is -4.42. The molecule has 0 saturated carbocycles. The second-order valence-electron chi connectivity index (χ2n) is 6.47. The molecule has 0 fully saturated rings. The Labute approximate surface area is 170 Å². The summed E-state index contributed by atoms with van der Waals surface area (Å²) in [6, 6.07) is 11.8. The molecule has 0 aliphatic carbocycles. The number of methoxy groups -OCH3 is 1. The third-order valence-electron chi connectivity index (χ3n) is 4.32. The molecule has 0 aliphatic heterocycles. The molecule has 7 nitrogen and oxygen atoms in total. The van der Waals surface area contributed by atoms with E-state index in [1.165, 1.54) is 35.5 Å². The molecule has 0 radical (unpaired) electrons. The van der Waals surface area contributed by atoms with Crippen molar-refractivity contribution in [1.82, 2.24) is 14.3 Å². The minimum Gasteiger partial charge on any atom is -0.467 e. The highest BCUT2D eigenvalue weighted by molar-refractivity contribution is 5.98. The van der Waals surface area contributed by atoms with Gasteiger partial charge in [-0.15, -0.1) is 5.10 Å². The van der Waals surface area contributed by atoms with Gasteiger partial charge in [0, 0.05) is 7.05 Å². The van der Waals surface area contributed by atoms with Crippen molar-refractivity contribution in [2.45, 2.75) is 19.6 Å². The molecule has 0 saturated heterocycles. The highest BCUT2D eigenvalue weighted by Gasteiger charge is 2.30. The number of aromatic nitrogens is 3. The van der Waals surface area contributed by atoms with E-state index in [9.17, 15) is 18.0 Å². The molecule has 158 valence electrons. The number of oxime groups is 1. The molecule has 30 heavy (non-hydrogen) atoms. The summed E-state index contributed by atoms with van der Waals surface area (Å²) in [7, 11) is 2.96. The number of rotatable bonds is 6. The maximum atomic E-state index is 12.8. The molecule has 10 heteroatoms. The molecule has 0 atom stereocenters. The molecule has 0 N–H and O–H groups in total. The monoisotopic (exact) mass is 420 g/mol. The van der Waals surface area contributed by atoms with Gasteiger partial charge in [-0.05, 0) is 42.3 Å². The van der Waals surface area contributed by atoms with Crippen molar-refractivity contribution in [2.75, 3.05) is 7.11 Å². The molecule has 3 rings (SSSR count). The van der Waals surface area contributed by atoms with Gasteiger partial charge in [0.2, 0.25) is 0 Å². The van der Waals surface area contributed by atoms with Gasteiger partial charge in [-0.25, -0.2) is 14.0 Å². The molecule has 0 unspecified atom stereocenters. The van der Waals surface area contributed by atoms with Crippen LogP contribution >= 0.6 is 0 Å². The first-order valence-corrected chi connectivity index (χ1v) is 8.85. The van der Waals surface area contributed by atoms with Crippen LogP contribution in [0.3, 0.4) is 0 Å². The van der Waals surface area contributed by atoms with E-state index in [1.807, 2.05) is 0 Å². The second kappa shape index (κ2) is 8.44. The highest BCUT2D eigenvalue weighted by Crippen LogP contribution is 2.29. The highest BCUT2D eigenvalue weighted by atomic mass is 19.4. The third kappa shape index (κ3) is 4.70. The minimum atomic E-state index is -4.42. The number of benzene rings is 2. The van der Waals surface area contributed by atoms with Crippen molar-refractivity contribution in [2.24, 2.45) is 12.2 Å². The average molecular weight is 420 g/mol. The summed E-state index contributed by atoms with van der Waals surface area (Å²) in [6.45, 7) is 1.81. The molecular weight excluding hydrogens is 401 g/mol. The Morgan fingerprint density at radius 2 is 1.87 bits per heavy atom. The molecule has 0 spiro atoms. The topological polar surface area (TPSA) is 70.6 Å². The fourth-order valence-electron chi connectivity index (χ4n) is 2.70. The first-order chi connectivity index (χ1) is 14.2. The Hall–Kier alpha value is -3.56. The maximum Gasteiger partial charge on any atom is 0.416 e. The van der Waals surface area contributed by atoms with Crippen LogP contribution in [0.1, 0.15) is 23.6 Å². The standard InChI is InChI=1S/C20H19F3N4O3/c1-13(15-5-4-6-16(11-15)20(21,22)23)25-30-17-9-7-14(8-10-17)12-27-18(29-3)24-26(2)19(27)28/h4-11H,12H2,1-3H3/b25-13+. The zero-order valence-corrected chi connectivity index (χ0v) is 16.5. The lowest BCUT2D eigenvalue weighted by molar-refractivity contribution is -0.137. The number of hydrogen-bond donors (Lipinski definition) is 0. The van der Waals surface area contributed by atoms with Crippen LogP contribution in [-0.4, -0.2) is 27.2 Å². The predicted molar refractivity (Wildman–Crippen MR) is 104 cm³/mol. The van der Waals surface area contributed by atoms with E-state index in [4.69, 9.17) is 9.57 Å². The van der Waals surface area contributed by atoms with Crippen LogP contribution < -0.4 is 15.3 Å². The Bertz CT molecular complexity index is 1120. The van der Waals surface area contributed by atoms with E-state index in [-0.39, 0.29) is 18.2 Å². The molecular formula is C20H19F3N4O3. The molecule has 1 heterocycles. The fraction of sp³-hybridized carbons (Fsp3) is 0.250. The van der Waals surface area contributed by atoms with E-state index in [0.29, 0.717) is 17.0 Å². The molecule has 2 aromatic carbocycles. The van der Waals surface area contributed by atoms with Crippen LogP contribution in [0, 0.1) is 0 Å². The number of alkyl halides is 3. The lowest BCUT2D eigenvalue weighted by Gasteiger charge is -2.08. The SMILES string of the molecule is COc1nn(C)c(=O)n1Cc1ccc(O/N=C(\C)c2cccc(C(F)(F)F)c2)cc1. The van der Waals surface area contributed by atoms with Crippen LogP contribution in [0.5, 0.6) is 11.8 Å². The number of halogens is 3. The smallest absolute Gasteiger partial charge is 0.416 e. The van der Waals surface area contributed by atoms with Gasteiger partial charge >= 0.3 is 17.9 Å². The number of aryl methyl sites for hydroxylation is 1. The summed E-state index contributed by atoms with van der Waals surface area (Å²) < 4.78 is 46.2. The van der Waals surface area contributed by atoms with Gasteiger partial charge in [0.15, 0.2) is 5.75 Å². The van der Waals surface area contributed by atoms with E-state index in [1.54, 1.807) is 31.2 Å². The number of hydrogen-bond acceptors (Lipinski definition) is 5. The van der Waals surface area contributed by atoms with Crippen LogP contribution in [0.25, 0.3) is 0 Å². The number of nitrogens with zero attached hydrogens (tertiary/aromatic N) is 4. The van der Waals surface area contributed by atoms with Crippen LogP contribution in [-0.2, 0) is 19.8 Å². The van der Waals surface area contributed by atoms with Gasteiger partial charge in [-0.2, -0.15) is 13.2 Å². The summed E-state index contributed by atoms with van der Waals surface area (Å²) >= 11 is 0. The quantitative estimate of drug-likeness (QED) is 0.452. The first-order valence-electron chi connectivity index (χ1n) is 8.85. The van der Waals surface area contributed by atoms with Crippen molar-refractivity contribution < 1.29 is 22.7 Å².